The van der Waals surface area contributed by atoms with Crippen LogP contribution in [0.5, 0.6) is 0 Å². The van der Waals surface area contributed by atoms with E-state index in [0.717, 1.165) is 18.4 Å². The maximum atomic E-state index is 13.4. The summed E-state index contributed by atoms with van der Waals surface area (Å²) in [7, 11) is 0. The quantitative estimate of drug-likeness (QED) is 0.425. The summed E-state index contributed by atoms with van der Waals surface area (Å²) in [4.78, 5) is 19.3. The maximum Gasteiger partial charge on any atom is 0.257 e. The molecule has 32 heavy (non-hydrogen) atoms. The zero-order chi connectivity index (χ0) is 22.8. The number of benzene rings is 2. The second kappa shape index (κ2) is 9.43. The van der Waals surface area contributed by atoms with Crippen molar-refractivity contribution in [3.63, 3.8) is 0 Å². The Bertz CT molecular complexity index is 1150. The molecule has 3 aromatic rings. The Morgan fingerprint density at radius 2 is 1.72 bits per heavy atom. The SMILES string of the molecule is Cc1c(Cl)ncc(C(=O)N2CCC(c3ccc(F)cc3)CC2)c1Nc1ccc(F)cc1Cl. The van der Waals surface area contributed by atoms with Crippen molar-refractivity contribution < 1.29 is 13.6 Å². The predicted octanol–water partition coefficient (Wildman–Crippen LogP) is 6.74. The molecular formula is C24H21Cl2F2N3O. The fourth-order valence-corrected chi connectivity index (χ4v) is 4.32. The summed E-state index contributed by atoms with van der Waals surface area (Å²) in [5, 5.41) is 3.58. The van der Waals surface area contributed by atoms with Gasteiger partial charge in [-0.15, -0.1) is 0 Å². The molecule has 0 radical (unpaired) electrons. The number of piperidine rings is 1. The Labute approximate surface area is 195 Å². The summed E-state index contributed by atoms with van der Waals surface area (Å²) in [5.41, 5.74) is 2.99. The summed E-state index contributed by atoms with van der Waals surface area (Å²) in [6.07, 6.45) is 3.01. The molecule has 1 amide bonds. The average molecular weight is 476 g/mol. The number of pyridine rings is 1. The molecule has 166 valence electrons. The first-order valence-electron chi connectivity index (χ1n) is 10.3. The van der Waals surface area contributed by atoms with Crippen molar-refractivity contribution in [2.75, 3.05) is 18.4 Å². The van der Waals surface area contributed by atoms with Gasteiger partial charge in [-0.05, 0) is 61.6 Å². The molecule has 0 aliphatic carbocycles. The van der Waals surface area contributed by atoms with Crippen LogP contribution in [0.1, 0.15) is 40.2 Å². The second-order valence-electron chi connectivity index (χ2n) is 7.83. The number of nitrogens with zero attached hydrogens (tertiary/aromatic N) is 2. The topological polar surface area (TPSA) is 45.2 Å². The molecule has 0 saturated carbocycles. The van der Waals surface area contributed by atoms with Gasteiger partial charge in [-0.1, -0.05) is 35.3 Å². The summed E-state index contributed by atoms with van der Waals surface area (Å²) >= 11 is 12.4. The maximum absolute atomic E-state index is 13.4. The van der Waals surface area contributed by atoms with Crippen LogP contribution in [0.2, 0.25) is 10.2 Å². The Balaban J connectivity index is 1.55. The van der Waals surface area contributed by atoms with Crippen LogP contribution >= 0.6 is 23.2 Å². The van der Waals surface area contributed by atoms with E-state index < -0.39 is 5.82 Å². The van der Waals surface area contributed by atoms with Crippen molar-refractivity contribution in [2.24, 2.45) is 0 Å². The standard InChI is InChI=1S/C24H21Cl2F2N3O/c1-14-22(30-21-7-6-18(28)12-20(21)25)19(13-29-23(14)26)24(32)31-10-8-16(9-11-31)15-2-4-17(27)5-3-15/h2-7,12-13,16H,8-11H2,1H3,(H,29,30). The largest absolute Gasteiger partial charge is 0.353 e. The van der Waals surface area contributed by atoms with E-state index in [9.17, 15) is 13.6 Å². The van der Waals surface area contributed by atoms with E-state index in [1.165, 1.54) is 36.5 Å². The Kier molecular flexibility index (Phi) is 6.63. The zero-order valence-corrected chi connectivity index (χ0v) is 18.9. The molecular weight excluding hydrogens is 455 g/mol. The van der Waals surface area contributed by atoms with E-state index in [2.05, 4.69) is 10.3 Å². The molecule has 2 heterocycles. The van der Waals surface area contributed by atoms with Crippen LogP contribution in [-0.2, 0) is 0 Å². The van der Waals surface area contributed by atoms with Crippen LogP contribution in [0, 0.1) is 18.6 Å². The molecule has 1 N–H and O–H groups in total. The summed E-state index contributed by atoms with van der Waals surface area (Å²) in [6, 6.07) is 10.5. The van der Waals surface area contributed by atoms with Crippen molar-refractivity contribution in [3.05, 3.63) is 87.2 Å². The number of rotatable bonds is 4. The van der Waals surface area contributed by atoms with E-state index >= 15 is 0 Å². The lowest BCUT2D eigenvalue weighted by Crippen LogP contribution is -2.38. The van der Waals surface area contributed by atoms with E-state index in [4.69, 9.17) is 23.2 Å². The molecule has 1 fully saturated rings. The predicted molar refractivity (Wildman–Crippen MR) is 123 cm³/mol. The fourth-order valence-electron chi connectivity index (χ4n) is 3.96. The van der Waals surface area contributed by atoms with Crippen molar-refractivity contribution in [1.29, 1.82) is 0 Å². The van der Waals surface area contributed by atoms with Crippen LogP contribution < -0.4 is 5.32 Å². The first kappa shape index (κ1) is 22.5. The highest BCUT2D eigenvalue weighted by Crippen LogP contribution is 2.34. The van der Waals surface area contributed by atoms with Gasteiger partial charge in [0, 0.05) is 24.8 Å². The van der Waals surface area contributed by atoms with Crippen molar-refractivity contribution in [1.82, 2.24) is 9.88 Å². The number of anilines is 2. The second-order valence-corrected chi connectivity index (χ2v) is 8.60. The Hall–Kier alpha value is -2.70. The first-order valence-corrected chi connectivity index (χ1v) is 11.0. The lowest BCUT2D eigenvalue weighted by molar-refractivity contribution is 0.0713. The molecule has 4 rings (SSSR count). The summed E-state index contributed by atoms with van der Waals surface area (Å²) in [6.45, 7) is 2.89. The third kappa shape index (κ3) is 4.71. The van der Waals surface area contributed by atoms with Gasteiger partial charge in [-0.2, -0.15) is 0 Å². The number of nitrogens with one attached hydrogen (secondary N) is 1. The molecule has 0 spiro atoms. The Morgan fingerprint density at radius 1 is 1.06 bits per heavy atom. The van der Waals surface area contributed by atoms with Gasteiger partial charge < -0.3 is 10.2 Å². The molecule has 0 unspecified atom stereocenters. The van der Waals surface area contributed by atoms with Gasteiger partial charge in [0.25, 0.3) is 5.91 Å². The number of hydrogen-bond donors (Lipinski definition) is 1. The highest BCUT2D eigenvalue weighted by molar-refractivity contribution is 6.33. The van der Waals surface area contributed by atoms with E-state index in [1.54, 1.807) is 24.0 Å². The third-order valence-corrected chi connectivity index (χ3v) is 6.50. The molecule has 4 nitrogen and oxygen atoms in total. The van der Waals surface area contributed by atoms with Gasteiger partial charge in [0.2, 0.25) is 0 Å². The minimum Gasteiger partial charge on any atom is -0.353 e. The van der Waals surface area contributed by atoms with Crippen LogP contribution in [0.25, 0.3) is 0 Å². The molecule has 0 atom stereocenters. The smallest absolute Gasteiger partial charge is 0.257 e. The van der Waals surface area contributed by atoms with Crippen LogP contribution in [0.3, 0.4) is 0 Å². The average Bonchev–Trinajstić information content (AvgIpc) is 2.79. The number of amides is 1. The molecule has 2 aromatic carbocycles. The third-order valence-electron chi connectivity index (χ3n) is 5.81. The van der Waals surface area contributed by atoms with Gasteiger partial charge in [0.15, 0.2) is 0 Å². The van der Waals surface area contributed by atoms with E-state index in [0.29, 0.717) is 35.6 Å². The molecule has 1 aliphatic heterocycles. The molecule has 0 bridgehead atoms. The number of aromatic nitrogens is 1. The molecule has 8 heteroatoms. The molecule has 1 saturated heterocycles. The minimum absolute atomic E-state index is 0.171. The number of likely N-dealkylation sites (tertiary alicyclic amines) is 1. The first-order chi connectivity index (χ1) is 15.3. The lowest BCUT2D eigenvalue weighted by Gasteiger charge is -2.33. The van der Waals surface area contributed by atoms with Gasteiger partial charge in [0.05, 0.1) is 22.0 Å². The van der Waals surface area contributed by atoms with Crippen LogP contribution in [-0.4, -0.2) is 28.9 Å². The van der Waals surface area contributed by atoms with E-state index in [1.807, 2.05) is 0 Å². The van der Waals surface area contributed by atoms with Gasteiger partial charge in [0.1, 0.15) is 16.8 Å². The summed E-state index contributed by atoms with van der Waals surface area (Å²) in [5.74, 6) is -0.602. The van der Waals surface area contributed by atoms with E-state index in [-0.39, 0.29) is 27.8 Å². The number of carbonyl (C=O) groups is 1. The lowest BCUT2D eigenvalue weighted by atomic mass is 9.89. The normalized spacial score (nSPS) is 14.5. The van der Waals surface area contributed by atoms with Gasteiger partial charge in [-0.3, -0.25) is 4.79 Å². The number of carbonyl (C=O) groups excluding carboxylic acids is 1. The van der Waals surface area contributed by atoms with Crippen molar-refractivity contribution >= 4 is 40.5 Å². The fraction of sp³-hybridized carbons (Fsp3) is 0.250. The number of halogens is 4. The molecule has 1 aliphatic rings. The van der Waals surface area contributed by atoms with Gasteiger partial charge in [-0.25, -0.2) is 13.8 Å². The van der Waals surface area contributed by atoms with Crippen molar-refractivity contribution in [3.8, 4) is 0 Å². The monoisotopic (exact) mass is 475 g/mol. The Morgan fingerprint density at radius 3 is 2.38 bits per heavy atom. The van der Waals surface area contributed by atoms with Crippen molar-refractivity contribution in [2.45, 2.75) is 25.7 Å². The zero-order valence-electron chi connectivity index (χ0n) is 17.3. The molecule has 1 aromatic heterocycles. The highest BCUT2D eigenvalue weighted by Gasteiger charge is 2.27. The van der Waals surface area contributed by atoms with Crippen LogP contribution in [0.15, 0.2) is 48.7 Å². The number of hydrogen-bond acceptors (Lipinski definition) is 3. The van der Waals surface area contributed by atoms with Gasteiger partial charge >= 0.3 is 0 Å². The van der Waals surface area contributed by atoms with Crippen LogP contribution in [0.4, 0.5) is 20.2 Å². The minimum atomic E-state index is -0.453. The summed E-state index contributed by atoms with van der Waals surface area (Å²) < 4.78 is 26.6. The highest BCUT2D eigenvalue weighted by atomic mass is 35.5.